The Balaban J connectivity index is 2.73. The molecule has 1 aromatic carbocycles. The molecule has 0 saturated carbocycles. The third kappa shape index (κ3) is 6.98. The molecule has 4 heteroatoms. The van der Waals surface area contributed by atoms with Gasteiger partial charge in [0.15, 0.2) is 14.1 Å². The van der Waals surface area contributed by atoms with Crippen LogP contribution < -0.4 is 0 Å². The average Bonchev–Trinajstić information content (AvgIpc) is 2.46. The average molecular weight is 337 g/mol. The van der Waals surface area contributed by atoms with Gasteiger partial charge < -0.3 is 9.53 Å². The molecule has 1 atom stereocenters. The summed E-state index contributed by atoms with van der Waals surface area (Å²) in [6.07, 6.45) is 3.06. The molecule has 0 aliphatic heterocycles. The number of carbonyl (C=O) groups is 1. The van der Waals surface area contributed by atoms with Crippen LogP contribution in [0.3, 0.4) is 0 Å². The van der Waals surface area contributed by atoms with Gasteiger partial charge in [-0.25, -0.2) is 0 Å². The van der Waals surface area contributed by atoms with E-state index in [1.54, 1.807) is 0 Å². The van der Waals surface area contributed by atoms with Crippen molar-refractivity contribution in [3.05, 3.63) is 35.9 Å². The summed E-state index contributed by atoms with van der Waals surface area (Å²) in [7, 11) is -1.84. The number of ketones is 1. The number of hydrogen-bond donors (Lipinski definition) is 1. The van der Waals surface area contributed by atoms with Gasteiger partial charge in [0.25, 0.3) is 0 Å². The summed E-state index contributed by atoms with van der Waals surface area (Å²) >= 11 is 0. The first-order valence-corrected chi connectivity index (χ1v) is 11.4. The van der Waals surface area contributed by atoms with Gasteiger partial charge in [0.05, 0.1) is 0 Å². The van der Waals surface area contributed by atoms with E-state index in [2.05, 4.69) is 46.0 Å². The smallest absolute Gasteiger partial charge is 0.192 e. The minimum atomic E-state index is -1.84. The van der Waals surface area contributed by atoms with Crippen LogP contribution in [-0.2, 0) is 15.6 Å². The number of aliphatic hydroxyl groups excluding tert-OH is 1. The normalized spacial score (nSPS) is 13.8. The Kier molecular flexibility index (Phi) is 7.65. The van der Waals surface area contributed by atoms with Crippen LogP contribution in [0.25, 0.3) is 0 Å². The van der Waals surface area contributed by atoms with Crippen LogP contribution in [0.1, 0.15) is 45.6 Å². The highest BCUT2D eigenvalue weighted by atomic mass is 28.4. The fourth-order valence-corrected chi connectivity index (χ4v) is 3.67. The lowest BCUT2D eigenvalue weighted by Crippen LogP contribution is -2.44. The number of benzene rings is 1. The van der Waals surface area contributed by atoms with E-state index >= 15 is 0 Å². The topological polar surface area (TPSA) is 46.5 Å². The minimum Gasteiger partial charge on any atom is -0.414 e. The molecule has 0 fully saturated rings. The van der Waals surface area contributed by atoms with Gasteiger partial charge in [0.1, 0.15) is 6.61 Å². The molecule has 3 nitrogen and oxygen atoms in total. The predicted molar refractivity (Wildman–Crippen MR) is 98.2 cm³/mol. The van der Waals surface area contributed by atoms with Crippen molar-refractivity contribution in [2.45, 2.75) is 70.7 Å². The summed E-state index contributed by atoms with van der Waals surface area (Å²) in [5.41, 5.74) is 1.27. The Morgan fingerprint density at radius 1 is 1.22 bits per heavy atom. The molecular weight excluding hydrogens is 304 g/mol. The molecule has 0 aliphatic carbocycles. The van der Waals surface area contributed by atoms with Crippen LogP contribution in [-0.4, -0.2) is 31.9 Å². The molecule has 1 unspecified atom stereocenters. The number of Topliss-reactive ketones (excluding diaryl/α,β-unsaturated/α-hetero) is 1. The summed E-state index contributed by atoms with van der Waals surface area (Å²) in [5.74, 6) is -0.0872. The van der Waals surface area contributed by atoms with Crippen LogP contribution in [0, 0.1) is 0 Å². The summed E-state index contributed by atoms with van der Waals surface area (Å²) in [5, 5.41) is 9.02. The van der Waals surface area contributed by atoms with Gasteiger partial charge in [0.2, 0.25) is 0 Å². The monoisotopic (exact) mass is 336 g/mol. The van der Waals surface area contributed by atoms with Crippen molar-refractivity contribution in [1.82, 2.24) is 0 Å². The highest BCUT2D eigenvalue weighted by molar-refractivity contribution is 6.74. The Morgan fingerprint density at radius 3 is 2.35 bits per heavy atom. The molecule has 0 bridgehead atoms. The van der Waals surface area contributed by atoms with Gasteiger partial charge in [-0.2, -0.15) is 0 Å². The van der Waals surface area contributed by atoms with Crippen molar-refractivity contribution in [3.63, 3.8) is 0 Å². The van der Waals surface area contributed by atoms with E-state index in [1.807, 2.05) is 18.2 Å². The van der Waals surface area contributed by atoms with Gasteiger partial charge in [-0.3, -0.25) is 4.79 Å². The maximum Gasteiger partial charge on any atom is 0.192 e. The number of aliphatic hydroxyl groups is 1. The molecule has 1 rings (SSSR count). The van der Waals surface area contributed by atoms with E-state index in [-0.39, 0.29) is 23.5 Å². The molecule has 0 spiro atoms. The predicted octanol–water partition coefficient (Wildman–Crippen LogP) is 4.35. The van der Waals surface area contributed by atoms with Crippen molar-refractivity contribution in [2.24, 2.45) is 0 Å². The van der Waals surface area contributed by atoms with Crippen molar-refractivity contribution < 1.29 is 14.3 Å². The lowest BCUT2D eigenvalue weighted by Gasteiger charge is -2.39. The maximum atomic E-state index is 11.3. The first kappa shape index (κ1) is 20.1. The Hall–Kier alpha value is -0.973. The molecule has 0 amide bonds. The van der Waals surface area contributed by atoms with Gasteiger partial charge in [0, 0.05) is 12.5 Å². The lowest BCUT2D eigenvalue weighted by atomic mass is 10.0. The second kappa shape index (κ2) is 8.76. The van der Waals surface area contributed by atoms with Gasteiger partial charge in [-0.1, -0.05) is 51.1 Å². The van der Waals surface area contributed by atoms with Gasteiger partial charge >= 0.3 is 0 Å². The van der Waals surface area contributed by atoms with E-state index in [0.29, 0.717) is 6.42 Å². The second-order valence-electron chi connectivity index (χ2n) is 7.78. The van der Waals surface area contributed by atoms with Crippen molar-refractivity contribution >= 4 is 14.1 Å². The van der Waals surface area contributed by atoms with Crippen molar-refractivity contribution in [1.29, 1.82) is 0 Å². The summed E-state index contributed by atoms with van der Waals surface area (Å²) < 4.78 is 6.59. The van der Waals surface area contributed by atoms with Crippen molar-refractivity contribution in [3.8, 4) is 0 Å². The van der Waals surface area contributed by atoms with E-state index in [1.165, 1.54) is 5.56 Å². The highest BCUT2D eigenvalue weighted by Gasteiger charge is 2.39. The molecule has 130 valence electrons. The molecule has 1 aromatic rings. The van der Waals surface area contributed by atoms with Crippen LogP contribution in [0.5, 0.6) is 0 Å². The maximum absolute atomic E-state index is 11.3. The summed E-state index contributed by atoms with van der Waals surface area (Å²) in [6.45, 7) is 10.9. The first-order valence-electron chi connectivity index (χ1n) is 8.50. The number of carbonyl (C=O) groups excluding carboxylic acids is 1. The third-order valence-electron chi connectivity index (χ3n) is 4.73. The molecule has 0 aromatic heterocycles. The van der Waals surface area contributed by atoms with Gasteiger partial charge in [-0.15, -0.1) is 0 Å². The largest absolute Gasteiger partial charge is 0.414 e. The zero-order valence-electron chi connectivity index (χ0n) is 15.3. The second-order valence-corrected chi connectivity index (χ2v) is 12.5. The standard InChI is InChI=1S/C19H32O3Si/c1-19(2,3)23(4,5)22-18(13-9-12-17(21)15-20)14-16-10-7-6-8-11-16/h6-8,10-11,18,20H,9,12-15H2,1-5H3. The lowest BCUT2D eigenvalue weighted by molar-refractivity contribution is -0.121. The quantitative estimate of drug-likeness (QED) is 0.682. The van der Waals surface area contributed by atoms with Crippen molar-refractivity contribution in [2.75, 3.05) is 6.61 Å². The third-order valence-corrected chi connectivity index (χ3v) is 9.27. The molecule has 1 N–H and O–H groups in total. The molecule has 0 aliphatic rings. The van der Waals surface area contributed by atoms with E-state index in [9.17, 15) is 4.79 Å². The molecule has 23 heavy (non-hydrogen) atoms. The molecular formula is C19H32O3Si. The Labute approximate surface area is 142 Å². The zero-order valence-corrected chi connectivity index (χ0v) is 16.3. The summed E-state index contributed by atoms with van der Waals surface area (Å²) in [4.78, 5) is 11.3. The molecule has 0 radical (unpaired) electrons. The molecule has 0 heterocycles. The molecule has 0 saturated heterocycles. The minimum absolute atomic E-state index is 0.0872. The SMILES string of the molecule is CC(C)(C)[Si](C)(C)OC(CCCC(=O)CO)Cc1ccccc1. The summed E-state index contributed by atoms with van der Waals surface area (Å²) in [6, 6.07) is 10.4. The fraction of sp³-hybridized carbons (Fsp3) is 0.632. The van der Waals surface area contributed by atoms with Gasteiger partial charge in [-0.05, 0) is 43.0 Å². The zero-order chi connectivity index (χ0) is 17.5. The van der Waals surface area contributed by atoms with E-state index in [0.717, 1.165) is 19.3 Å². The fourth-order valence-electron chi connectivity index (χ4n) is 2.28. The van der Waals surface area contributed by atoms with Crippen LogP contribution in [0.2, 0.25) is 18.1 Å². The highest BCUT2D eigenvalue weighted by Crippen LogP contribution is 2.38. The van der Waals surface area contributed by atoms with E-state index < -0.39 is 8.32 Å². The van der Waals surface area contributed by atoms with Crippen LogP contribution in [0.15, 0.2) is 30.3 Å². The number of rotatable bonds is 9. The first-order chi connectivity index (χ1) is 10.7. The van der Waals surface area contributed by atoms with Crippen LogP contribution in [0.4, 0.5) is 0 Å². The van der Waals surface area contributed by atoms with Crippen LogP contribution >= 0.6 is 0 Å². The number of hydrogen-bond acceptors (Lipinski definition) is 3. The Bertz CT molecular complexity index is 477. The Morgan fingerprint density at radius 2 is 1.83 bits per heavy atom. The van der Waals surface area contributed by atoms with E-state index in [4.69, 9.17) is 9.53 Å².